The van der Waals surface area contributed by atoms with E-state index in [9.17, 15) is 0 Å². The summed E-state index contributed by atoms with van der Waals surface area (Å²) in [6, 6.07) is 58.5. The lowest BCUT2D eigenvalue weighted by Gasteiger charge is -2.40. The number of benzene rings is 8. The summed E-state index contributed by atoms with van der Waals surface area (Å²) in [6.07, 6.45) is 0. The Hall–Kier alpha value is -5.92. The van der Waals surface area contributed by atoms with Crippen molar-refractivity contribution in [2.24, 2.45) is 0 Å². The molecule has 0 bridgehead atoms. The monoisotopic (exact) mass is 582 g/mol. The number of hydrogen-bond acceptors (Lipinski definition) is 1. The Morgan fingerprint density at radius 3 is 1.87 bits per heavy atom. The van der Waals surface area contributed by atoms with Crippen LogP contribution in [0.5, 0.6) is 0 Å². The minimum atomic E-state index is -0.412. The Morgan fingerprint density at radius 1 is 0.348 bits per heavy atom. The van der Waals surface area contributed by atoms with E-state index in [1.807, 2.05) is 6.07 Å². The standard InChI is InChI=1S/C45H26O/c1-4-15-37-32(11-1)34-23-20-29(28-19-22-31-30(25-28)21-24-42-44(31)36-13-3-6-18-41(36)46-42)26-40(34)45(37)38-16-5-2-12-33(38)35-14-7-9-27-10-8-17-39(45)43(27)35/h1-26H. The summed E-state index contributed by atoms with van der Waals surface area (Å²) < 4.78 is 6.20. The molecule has 0 saturated heterocycles. The maximum Gasteiger partial charge on any atom is 0.136 e. The van der Waals surface area contributed by atoms with Gasteiger partial charge >= 0.3 is 0 Å². The molecule has 1 unspecified atom stereocenters. The van der Waals surface area contributed by atoms with Gasteiger partial charge in [-0.25, -0.2) is 0 Å². The fraction of sp³-hybridized carbons (Fsp3) is 0.0222. The van der Waals surface area contributed by atoms with Gasteiger partial charge in [0.1, 0.15) is 11.2 Å². The van der Waals surface area contributed by atoms with Crippen molar-refractivity contribution in [3.63, 3.8) is 0 Å². The van der Waals surface area contributed by atoms with Crippen LogP contribution in [0.4, 0.5) is 0 Å². The Balaban J connectivity index is 1.21. The third-order valence-corrected chi connectivity index (χ3v) is 10.7. The molecule has 0 saturated carbocycles. The van der Waals surface area contributed by atoms with E-state index in [0.29, 0.717) is 0 Å². The minimum Gasteiger partial charge on any atom is -0.456 e. The van der Waals surface area contributed by atoms with E-state index in [-0.39, 0.29) is 0 Å². The first-order valence-corrected chi connectivity index (χ1v) is 16.0. The van der Waals surface area contributed by atoms with E-state index in [1.165, 1.54) is 88.0 Å². The fourth-order valence-corrected chi connectivity index (χ4v) is 8.84. The molecular formula is C45H26O. The molecule has 1 spiro atoms. The van der Waals surface area contributed by atoms with Crippen LogP contribution >= 0.6 is 0 Å². The van der Waals surface area contributed by atoms with Crippen molar-refractivity contribution in [1.82, 2.24) is 0 Å². The van der Waals surface area contributed by atoms with Crippen LogP contribution in [0.2, 0.25) is 0 Å². The van der Waals surface area contributed by atoms with Gasteiger partial charge in [-0.05, 0) is 101 Å². The van der Waals surface area contributed by atoms with Crippen LogP contribution < -0.4 is 0 Å². The summed E-state index contributed by atoms with van der Waals surface area (Å²) in [5.74, 6) is 0. The predicted octanol–water partition coefficient (Wildman–Crippen LogP) is 11.9. The van der Waals surface area contributed by atoms with Crippen LogP contribution in [0, 0.1) is 0 Å². The normalized spacial score (nSPS) is 15.9. The molecule has 2 aliphatic carbocycles. The molecule has 1 heteroatoms. The van der Waals surface area contributed by atoms with Gasteiger partial charge in [0.05, 0.1) is 5.41 Å². The van der Waals surface area contributed by atoms with E-state index < -0.39 is 5.41 Å². The Labute approximate surface area is 266 Å². The lowest BCUT2D eigenvalue weighted by Crippen LogP contribution is -2.31. The van der Waals surface area contributed by atoms with Gasteiger partial charge in [0.2, 0.25) is 0 Å². The zero-order valence-electron chi connectivity index (χ0n) is 24.9. The molecule has 46 heavy (non-hydrogen) atoms. The van der Waals surface area contributed by atoms with Gasteiger partial charge in [-0.3, -0.25) is 0 Å². The molecule has 2 aliphatic rings. The van der Waals surface area contributed by atoms with Gasteiger partial charge < -0.3 is 4.42 Å². The highest BCUT2D eigenvalue weighted by molar-refractivity contribution is 6.19. The summed E-state index contributed by atoms with van der Waals surface area (Å²) in [5, 5.41) is 7.45. The van der Waals surface area contributed by atoms with Crippen LogP contribution in [0.3, 0.4) is 0 Å². The smallest absolute Gasteiger partial charge is 0.136 e. The summed E-state index contributed by atoms with van der Waals surface area (Å²) >= 11 is 0. The molecule has 212 valence electrons. The van der Waals surface area contributed by atoms with Crippen molar-refractivity contribution in [2.45, 2.75) is 5.41 Å². The Kier molecular flexibility index (Phi) is 4.57. The minimum absolute atomic E-state index is 0.412. The molecule has 1 atom stereocenters. The molecule has 9 aromatic rings. The summed E-state index contributed by atoms with van der Waals surface area (Å²) in [7, 11) is 0. The van der Waals surface area contributed by atoms with Crippen LogP contribution in [0.15, 0.2) is 162 Å². The molecule has 1 nitrogen and oxygen atoms in total. The van der Waals surface area contributed by atoms with E-state index in [2.05, 4.69) is 152 Å². The van der Waals surface area contributed by atoms with E-state index in [0.717, 1.165) is 11.2 Å². The first kappa shape index (κ1) is 24.4. The lowest BCUT2D eigenvalue weighted by atomic mass is 9.61. The van der Waals surface area contributed by atoms with Gasteiger partial charge in [0.15, 0.2) is 0 Å². The maximum atomic E-state index is 6.20. The van der Waals surface area contributed by atoms with Crippen LogP contribution in [0.1, 0.15) is 22.3 Å². The highest BCUT2D eigenvalue weighted by atomic mass is 16.3. The third kappa shape index (κ3) is 2.91. The molecule has 8 aromatic carbocycles. The van der Waals surface area contributed by atoms with Gasteiger partial charge in [0.25, 0.3) is 0 Å². The first-order chi connectivity index (χ1) is 22.8. The quantitative estimate of drug-likeness (QED) is 0.188. The first-order valence-electron chi connectivity index (χ1n) is 16.0. The van der Waals surface area contributed by atoms with Gasteiger partial charge in [0, 0.05) is 10.8 Å². The molecule has 11 rings (SSSR count). The summed E-state index contributed by atoms with van der Waals surface area (Å²) in [6.45, 7) is 0. The van der Waals surface area contributed by atoms with Crippen LogP contribution in [0.25, 0.3) is 76.9 Å². The predicted molar refractivity (Wildman–Crippen MR) is 190 cm³/mol. The van der Waals surface area contributed by atoms with Gasteiger partial charge in [-0.15, -0.1) is 0 Å². The van der Waals surface area contributed by atoms with Crippen molar-refractivity contribution < 1.29 is 4.42 Å². The third-order valence-electron chi connectivity index (χ3n) is 10.7. The largest absolute Gasteiger partial charge is 0.456 e. The molecular weight excluding hydrogens is 556 g/mol. The lowest BCUT2D eigenvalue weighted by molar-refractivity contribution is 0.669. The van der Waals surface area contributed by atoms with Crippen molar-refractivity contribution >= 4 is 43.5 Å². The molecule has 1 aromatic heterocycles. The molecule has 0 radical (unpaired) electrons. The van der Waals surface area contributed by atoms with Crippen molar-refractivity contribution in [3.8, 4) is 33.4 Å². The van der Waals surface area contributed by atoms with E-state index in [4.69, 9.17) is 4.42 Å². The number of hydrogen-bond donors (Lipinski definition) is 0. The van der Waals surface area contributed by atoms with Gasteiger partial charge in [-0.1, -0.05) is 133 Å². The maximum absolute atomic E-state index is 6.20. The number of para-hydroxylation sites is 1. The molecule has 1 heterocycles. The second-order valence-electron chi connectivity index (χ2n) is 12.8. The molecule has 0 amide bonds. The molecule has 0 fully saturated rings. The highest BCUT2D eigenvalue weighted by Crippen LogP contribution is 2.62. The summed E-state index contributed by atoms with van der Waals surface area (Å²) in [4.78, 5) is 0. The van der Waals surface area contributed by atoms with Crippen molar-refractivity contribution in [1.29, 1.82) is 0 Å². The van der Waals surface area contributed by atoms with Crippen LogP contribution in [-0.4, -0.2) is 0 Å². The molecule has 0 N–H and O–H groups in total. The average Bonchev–Trinajstić information content (AvgIpc) is 3.64. The number of furan rings is 1. The van der Waals surface area contributed by atoms with E-state index >= 15 is 0 Å². The Bertz CT molecular complexity index is 2760. The van der Waals surface area contributed by atoms with Crippen molar-refractivity contribution in [3.05, 3.63) is 180 Å². The highest BCUT2D eigenvalue weighted by Gasteiger charge is 2.50. The topological polar surface area (TPSA) is 13.1 Å². The summed E-state index contributed by atoms with van der Waals surface area (Å²) in [5.41, 5.74) is 14.6. The molecule has 0 aliphatic heterocycles. The SMILES string of the molecule is c1ccc2c(c1)-c1ccc(-c3ccc4c(ccc5oc6ccccc6c54)c3)cc1C21c2ccccc2-c2cccc3cccc1c23. The number of rotatable bonds is 1. The Morgan fingerprint density at radius 2 is 1.00 bits per heavy atom. The second-order valence-corrected chi connectivity index (χ2v) is 12.8. The number of fused-ring (bicyclic) bond motifs is 14. The second kappa shape index (κ2) is 8.62. The average molecular weight is 583 g/mol. The zero-order chi connectivity index (χ0) is 30.0. The van der Waals surface area contributed by atoms with E-state index in [1.54, 1.807) is 0 Å². The fourth-order valence-electron chi connectivity index (χ4n) is 8.84. The van der Waals surface area contributed by atoms with Crippen LogP contribution in [-0.2, 0) is 5.41 Å². The zero-order valence-corrected chi connectivity index (χ0v) is 24.9. The van der Waals surface area contributed by atoms with Gasteiger partial charge in [-0.2, -0.15) is 0 Å². The van der Waals surface area contributed by atoms with Crippen molar-refractivity contribution in [2.75, 3.05) is 0 Å².